The Bertz CT molecular complexity index is 318. The average Bonchev–Trinajstić information content (AvgIpc) is 2.28. The summed E-state index contributed by atoms with van der Waals surface area (Å²) in [5.74, 6) is 0. The predicted octanol–water partition coefficient (Wildman–Crippen LogP) is 4.56. The fraction of sp³-hybridized carbons (Fsp3) is 0.625. The highest BCUT2D eigenvalue weighted by molar-refractivity contribution is 5.29. The van der Waals surface area contributed by atoms with Gasteiger partial charge in [-0.1, -0.05) is 71.2 Å². The molecule has 0 bridgehead atoms. The average molecular weight is 233 g/mol. The number of rotatable bonds is 5. The normalized spacial score (nSPS) is 13.7. The lowest BCUT2D eigenvalue weighted by molar-refractivity contribution is 0.575. The highest BCUT2D eigenvalue weighted by Crippen LogP contribution is 2.24. The van der Waals surface area contributed by atoms with Gasteiger partial charge in [-0.25, -0.2) is 0 Å². The van der Waals surface area contributed by atoms with Crippen LogP contribution in [0.4, 0.5) is 0 Å². The van der Waals surface area contributed by atoms with E-state index in [1.54, 1.807) is 0 Å². The van der Waals surface area contributed by atoms with E-state index in [-0.39, 0.29) is 11.5 Å². The van der Waals surface area contributed by atoms with Crippen molar-refractivity contribution in [2.75, 3.05) is 0 Å². The van der Waals surface area contributed by atoms with Gasteiger partial charge in [-0.3, -0.25) is 0 Å². The van der Waals surface area contributed by atoms with Gasteiger partial charge in [-0.15, -0.1) is 0 Å². The summed E-state index contributed by atoms with van der Waals surface area (Å²) in [6.07, 6.45) is 4.88. The van der Waals surface area contributed by atoms with Crippen LogP contribution in [-0.2, 0) is 5.41 Å². The third-order valence-corrected chi connectivity index (χ3v) is 3.32. The van der Waals surface area contributed by atoms with Crippen LogP contribution in [0, 0.1) is 0 Å². The number of benzene rings is 1. The molecule has 2 N–H and O–H groups in total. The lowest BCUT2D eigenvalue weighted by Gasteiger charge is -2.20. The molecule has 0 radical (unpaired) electrons. The highest BCUT2D eigenvalue weighted by atomic mass is 14.6. The minimum absolute atomic E-state index is 0.204. The summed E-state index contributed by atoms with van der Waals surface area (Å²) < 4.78 is 0. The van der Waals surface area contributed by atoms with Crippen LogP contribution in [0.5, 0.6) is 0 Å². The maximum atomic E-state index is 6.19. The summed E-state index contributed by atoms with van der Waals surface area (Å²) in [4.78, 5) is 0. The zero-order chi connectivity index (χ0) is 12.9. The minimum Gasteiger partial charge on any atom is -0.324 e. The van der Waals surface area contributed by atoms with Gasteiger partial charge in [0.25, 0.3) is 0 Å². The van der Waals surface area contributed by atoms with E-state index >= 15 is 0 Å². The van der Waals surface area contributed by atoms with Crippen molar-refractivity contribution in [2.45, 2.75) is 64.8 Å². The van der Waals surface area contributed by atoms with Gasteiger partial charge in [-0.05, 0) is 23.0 Å². The van der Waals surface area contributed by atoms with Crippen molar-refractivity contribution in [1.29, 1.82) is 0 Å². The van der Waals surface area contributed by atoms with Crippen molar-refractivity contribution in [3.05, 3.63) is 35.4 Å². The molecule has 0 aliphatic heterocycles. The number of hydrogen-bond acceptors (Lipinski definition) is 1. The summed E-state index contributed by atoms with van der Waals surface area (Å²) in [6.45, 7) is 8.94. The van der Waals surface area contributed by atoms with E-state index in [2.05, 4.69) is 52.0 Å². The van der Waals surface area contributed by atoms with Crippen molar-refractivity contribution in [2.24, 2.45) is 5.73 Å². The molecular weight excluding hydrogens is 206 g/mol. The van der Waals surface area contributed by atoms with E-state index < -0.39 is 0 Å². The first-order valence-corrected chi connectivity index (χ1v) is 6.81. The third kappa shape index (κ3) is 4.51. The second-order valence-electron chi connectivity index (χ2n) is 5.97. The molecule has 0 aromatic heterocycles. The lowest BCUT2D eigenvalue weighted by atomic mass is 9.86. The van der Waals surface area contributed by atoms with E-state index in [1.807, 2.05) is 0 Å². The number of unbranched alkanes of at least 4 members (excludes halogenated alkanes) is 2. The Morgan fingerprint density at radius 3 is 2.12 bits per heavy atom. The molecule has 1 heteroatoms. The third-order valence-electron chi connectivity index (χ3n) is 3.32. The maximum absolute atomic E-state index is 6.19. The number of nitrogens with two attached hydrogens (primary N) is 1. The summed E-state index contributed by atoms with van der Waals surface area (Å²) in [7, 11) is 0. The Morgan fingerprint density at radius 2 is 1.65 bits per heavy atom. The number of hydrogen-bond donors (Lipinski definition) is 1. The van der Waals surface area contributed by atoms with E-state index in [9.17, 15) is 0 Å². The van der Waals surface area contributed by atoms with Crippen molar-refractivity contribution < 1.29 is 0 Å². The van der Waals surface area contributed by atoms with Crippen molar-refractivity contribution in [3.63, 3.8) is 0 Å². The van der Waals surface area contributed by atoms with Crippen LogP contribution in [0.1, 0.15) is 70.5 Å². The monoisotopic (exact) mass is 233 g/mol. The molecule has 1 rings (SSSR count). The van der Waals surface area contributed by atoms with Gasteiger partial charge >= 0.3 is 0 Å². The first-order valence-electron chi connectivity index (χ1n) is 6.81. The smallest absolute Gasteiger partial charge is 0.0294 e. The molecule has 0 heterocycles. The first-order chi connectivity index (χ1) is 7.95. The van der Waals surface area contributed by atoms with E-state index in [4.69, 9.17) is 5.73 Å². The molecule has 1 nitrogen and oxygen atoms in total. The fourth-order valence-electron chi connectivity index (χ4n) is 2.01. The molecular formula is C16H27N. The standard InChI is InChI=1S/C16H27N/c1-5-6-7-8-15(17)13-9-11-14(12-10-13)16(2,3)4/h9-12,15H,5-8,17H2,1-4H3/t15-/m0/s1. The zero-order valence-corrected chi connectivity index (χ0v) is 11.8. The molecule has 1 aromatic rings. The van der Waals surface area contributed by atoms with Crippen LogP contribution in [0.2, 0.25) is 0 Å². The molecule has 0 unspecified atom stereocenters. The van der Waals surface area contributed by atoms with Crippen LogP contribution < -0.4 is 5.73 Å². The molecule has 0 amide bonds. The topological polar surface area (TPSA) is 26.0 Å². The van der Waals surface area contributed by atoms with Gasteiger partial charge in [0.15, 0.2) is 0 Å². The van der Waals surface area contributed by atoms with E-state index in [0.717, 1.165) is 6.42 Å². The molecule has 17 heavy (non-hydrogen) atoms. The molecule has 0 fully saturated rings. The van der Waals surface area contributed by atoms with Gasteiger partial charge in [0, 0.05) is 6.04 Å². The summed E-state index contributed by atoms with van der Waals surface area (Å²) in [6, 6.07) is 9.02. The van der Waals surface area contributed by atoms with Crippen molar-refractivity contribution in [3.8, 4) is 0 Å². The largest absolute Gasteiger partial charge is 0.324 e. The molecule has 0 saturated heterocycles. The van der Waals surface area contributed by atoms with E-state index in [1.165, 1.54) is 30.4 Å². The van der Waals surface area contributed by atoms with Crippen LogP contribution in [-0.4, -0.2) is 0 Å². The summed E-state index contributed by atoms with van der Waals surface area (Å²) in [5, 5.41) is 0. The molecule has 0 saturated carbocycles. The quantitative estimate of drug-likeness (QED) is 0.741. The molecule has 0 aliphatic carbocycles. The summed E-state index contributed by atoms with van der Waals surface area (Å²) >= 11 is 0. The van der Waals surface area contributed by atoms with Gasteiger partial charge in [-0.2, -0.15) is 0 Å². The SMILES string of the molecule is CCCCC[C@H](N)c1ccc(C(C)(C)C)cc1. The Balaban J connectivity index is 2.61. The van der Waals surface area contributed by atoms with Crippen molar-refractivity contribution in [1.82, 2.24) is 0 Å². The highest BCUT2D eigenvalue weighted by Gasteiger charge is 2.13. The maximum Gasteiger partial charge on any atom is 0.0294 e. The Labute approximate surface area is 106 Å². The zero-order valence-electron chi connectivity index (χ0n) is 11.8. The van der Waals surface area contributed by atoms with Crippen molar-refractivity contribution >= 4 is 0 Å². The molecule has 96 valence electrons. The van der Waals surface area contributed by atoms with Gasteiger partial charge in [0.2, 0.25) is 0 Å². The Kier molecular flexibility index (Phi) is 5.20. The van der Waals surface area contributed by atoms with Gasteiger partial charge in [0.05, 0.1) is 0 Å². The molecule has 0 spiro atoms. The molecule has 0 aliphatic rings. The van der Waals surface area contributed by atoms with Crippen LogP contribution >= 0.6 is 0 Å². The Hall–Kier alpha value is -0.820. The van der Waals surface area contributed by atoms with E-state index in [0.29, 0.717) is 0 Å². The molecule has 1 aromatic carbocycles. The first kappa shape index (κ1) is 14.2. The van der Waals surface area contributed by atoms with Crippen LogP contribution in [0.3, 0.4) is 0 Å². The van der Waals surface area contributed by atoms with Crippen LogP contribution in [0.15, 0.2) is 24.3 Å². The van der Waals surface area contributed by atoms with Gasteiger partial charge < -0.3 is 5.73 Å². The second kappa shape index (κ2) is 6.20. The predicted molar refractivity (Wildman–Crippen MR) is 76.2 cm³/mol. The van der Waals surface area contributed by atoms with Gasteiger partial charge in [0.1, 0.15) is 0 Å². The lowest BCUT2D eigenvalue weighted by Crippen LogP contribution is -2.13. The van der Waals surface area contributed by atoms with Crippen LogP contribution in [0.25, 0.3) is 0 Å². The second-order valence-corrected chi connectivity index (χ2v) is 5.97. The minimum atomic E-state index is 0.204. The summed E-state index contributed by atoms with van der Waals surface area (Å²) in [5.41, 5.74) is 9.07. The molecule has 1 atom stereocenters. The Morgan fingerprint density at radius 1 is 1.06 bits per heavy atom. The fourth-order valence-corrected chi connectivity index (χ4v) is 2.01.